The van der Waals surface area contributed by atoms with Crippen molar-refractivity contribution in [1.82, 2.24) is 19.9 Å². The zero-order valence-corrected chi connectivity index (χ0v) is 12.0. The molecule has 0 amide bonds. The number of ether oxygens (including phenoxy) is 1. The molecule has 0 saturated carbocycles. The van der Waals surface area contributed by atoms with E-state index >= 15 is 0 Å². The summed E-state index contributed by atoms with van der Waals surface area (Å²) in [7, 11) is 0. The molecule has 0 aromatic carbocycles. The highest BCUT2D eigenvalue weighted by Gasteiger charge is 2.26. The Bertz CT molecular complexity index is 601. The van der Waals surface area contributed by atoms with E-state index in [1.165, 1.54) is 0 Å². The number of aliphatic hydroxyl groups excluding tert-OH is 1. The molecular formula is C13H20N6O2. The molecule has 2 aromatic rings. The van der Waals surface area contributed by atoms with Crippen molar-refractivity contribution in [2.45, 2.75) is 19.4 Å². The van der Waals surface area contributed by atoms with Crippen molar-refractivity contribution in [2.24, 2.45) is 0 Å². The number of nitrogens with one attached hydrogen (secondary N) is 2. The predicted octanol–water partition coefficient (Wildman–Crippen LogP) is 0.372. The van der Waals surface area contributed by atoms with Crippen molar-refractivity contribution in [3.63, 3.8) is 0 Å². The number of morpholine rings is 1. The molecule has 21 heavy (non-hydrogen) atoms. The van der Waals surface area contributed by atoms with Gasteiger partial charge in [-0.3, -0.25) is 0 Å². The molecule has 1 unspecified atom stereocenters. The van der Waals surface area contributed by atoms with Gasteiger partial charge in [0.25, 0.3) is 0 Å². The lowest BCUT2D eigenvalue weighted by Crippen LogP contribution is -2.48. The monoisotopic (exact) mass is 292 g/mol. The Morgan fingerprint density at radius 1 is 1.52 bits per heavy atom. The molecule has 1 saturated heterocycles. The minimum absolute atomic E-state index is 0.0252. The fourth-order valence-electron chi connectivity index (χ4n) is 2.43. The number of aromatic amines is 1. The van der Waals surface area contributed by atoms with Gasteiger partial charge in [0.2, 0.25) is 5.95 Å². The van der Waals surface area contributed by atoms with Crippen LogP contribution in [0.3, 0.4) is 0 Å². The molecule has 0 spiro atoms. The number of H-pyrrole nitrogens is 1. The Labute approximate surface area is 122 Å². The number of nitrogens with zero attached hydrogens (tertiary/aromatic N) is 4. The van der Waals surface area contributed by atoms with E-state index in [4.69, 9.17) is 4.74 Å². The van der Waals surface area contributed by atoms with Crippen molar-refractivity contribution >= 4 is 22.9 Å². The van der Waals surface area contributed by atoms with Crippen LogP contribution >= 0.6 is 0 Å². The second kappa shape index (κ2) is 6.23. The maximum absolute atomic E-state index is 9.55. The molecule has 8 heteroatoms. The van der Waals surface area contributed by atoms with Crippen molar-refractivity contribution < 1.29 is 9.84 Å². The topological polar surface area (TPSA) is 99.2 Å². The van der Waals surface area contributed by atoms with Crippen molar-refractivity contribution in [2.75, 3.05) is 43.1 Å². The van der Waals surface area contributed by atoms with Gasteiger partial charge in [-0.2, -0.15) is 9.97 Å². The van der Waals surface area contributed by atoms with Crippen LogP contribution < -0.4 is 10.2 Å². The number of rotatable bonds is 5. The van der Waals surface area contributed by atoms with Crippen LogP contribution in [0.4, 0.5) is 11.8 Å². The smallest absolute Gasteiger partial charge is 0.226 e. The Morgan fingerprint density at radius 3 is 3.24 bits per heavy atom. The lowest BCUT2D eigenvalue weighted by molar-refractivity contribution is 0.0724. The van der Waals surface area contributed by atoms with Crippen LogP contribution in [0, 0.1) is 0 Å². The number of imidazole rings is 1. The highest BCUT2D eigenvalue weighted by Crippen LogP contribution is 2.25. The average Bonchev–Trinajstić information content (AvgIpc) is 3.00. The van der Waals surface area contributed by atoms with E-state index in [1.54, 1.807) is 6.33 Å². The quantitative estimate of drug-likeness (QED) is 0.732. The Morgan fingerprint density at radius 2 is 2.43 bits per heavy atom. The molecule has 1 fully saturated rings. The van der Waals surface area contributed by atoms with Crippen LogP contribution in [0.5, 0.6) is 0 Å². The van der Waals surface area contributed by atoms with Gasteiger partial charge in [-0.05, 0) is 6.42 Å². The largest absolute Gasteiger partial charge is 0.394 e. The van der Waals surface area contributed by atoms with Crippen LogP contribution in [-0.4, -0.2) is 64.0 Å². The third-order valence-corrected chi connectivity index (χ3v) is 3.51. The van der Waals surface area contributed by atoms with Crippen LogP contribution in [0.1, 0.15) is 13.3 Å². The van der Waals surface area contributed by atoms with Crippen LogP contribution in [0.2, 0.25) is 0 Å². The normalized spacial score (nSPS) is 19.1. The summed E-state index contributed by atoms with van der Waals surface area (Å²) >= 11 is 0. The lowest BCUT2D eigenvalue weighted by atomic mass is 10.2. The molecule has 3 heterocycles. The summed E-state index contributed by atoms with van der Waals surface area (Å²) in [6, 6.07) is -0.0980. The van der Waals surface area contributed by atoms with Gasteiger partial charge >= 0.3 is 0 Å². The summed E-state index contributed by atoms with van der Waals surface area (Å²) in [6.07, 6.45) is 2.61. The van der Waals surface area contributed by atoms with Crippen LogP contribution in [0.15, 0.2) is 6.33 Å². The first-order chi connectivity index (χ1) is 10.3. The predicted molar refractivity (Wildman–Crippen MR) is 79.5 cm³/mol. The van der Waals surface area contributed by atoms with Gasteiger partial charge < -0.3 is 25.0 Å². The highest BCUT2D eigenvalue weighted by molar-refractivity contribution is 5.84. The van der Waals surface area contributed by atoms with Gasteiger partial charge in [0.15, 0.2) is 11.5 Å². The molecule has 3 rings (SSSR count). The molecule has 114 valence electrons. The van der Waals surface area contributed by atoms with Crippen LogP contribution in [-0.2, 0) is 4.74 Å². The summed E-state index contributed by atoms with van der Waals surface area (Å²) in [5.74, 6) is 1.33. The first-order valence-corrected chi connectivity index (χ1v) is 7.23. The summed E-state index contributed by atoms with van der Waals surface area (Å²) < 4.78 is 5.43. The average molecular weight is 292 g/mol. The molecule has 2 aromatic heterocycles. The third kappa shape index (κ3) is 2.77. The second-order valence-electron chi connectivity index (χ2n) is 5.00. The standard InChI is InChI=1S/C13H20N6O2/c1-2-3-14-13-17-11-10(15-8-16-11)12(18-13)19-4-5-21-7-9(19)6-20/h8-9,20H,2-7H2,1H3,(H2,14,15,16,17,18). The zero-order valence-electron chi connectivity index (χ0n) is 12.0. The number of fused-ring (bicyclic) bond motifs is 1. The van der Waals surface area contributed by atoms with Crippen molar-refractivity contribution in [3.05, 3.63) is 6.33 Å². The minimum atomic E-state index is -0.0980. The van der Waals surface area contributed by atoms with Gasteiger partial charge in [-0.15, -0.1) is 0 Å². The maximum Gasteiger partial charge on any atom is 0.226 e. The van der Waals surface area contributed by atoms with Crippen molar-refractivity contribution in [1.29, 1.82) is 0 Å². The second-order valence-corrected chi connectivity index (χ2v) is 5.00. The highest BCUT2D eigenvalue weighted by atomic mass is 16.5. The SMILES string of the molecule is CCCNc1nc(N2CCOCC2CO)c2[nH]cnc2n1. The number of anilines is 2. The Kier molecular flexibility index (Phi) is 4.16. The summed E-state index contributed by atoms with van der Waals surface area (Å²) in [5, 5.41) is 12.7. The zero-order chi connectivity index (χ0) is 14.7. The fraction of sp³-hybridized carbons (Fsp3) is 0.615. The molecule has 8 nitrogen and oxygen atoms in total. The van der Waals surface area contributed by atoms with Crippen LogP contribution in [0.25, 0.3) is 11.2 Å². The summed E-state index contributed by atoms with van der Waals surface area (Å²) in [4.78, 5) is 18.4. The van der Waals surface area contributed by atoms with E-state index in [0.717, 1.165) is 24.3 Å². The first kappa shape index (κ1) is 14.0. The minimum Gasteiger partial charge on any atom is -0.394 e. The van der Waals surface area contributed by atoms with Gasteiger partial charge in [0, 0.05) is 13.1 Å². The van der Waals surface area contributed by atoms with Gasteiger partial charge in [0.05, 0.1) is 32.2 Å². The van der Waals surface area contributed by atoms with E-state index in [9.17, 15) is 5.11 Å². The van der Waals surface area contributed by atoms with E-state index in [-0.39, 0.29) is 12.6 Å². The molecule has 1 aliphatic heterocycles. The van der Waals surface area contributed by atoms with Gasteiger partial charge in [-0.25, -0.2) is 4.98 Å². The molecule has 0 aliphatic carbocycles. The molecule has 3 N–H and O–H groups in total. The van der Waals surface area contributed by atoms with E-state index < -0.39 is 0 Å². The number of aliphatic hydroxyl groups is 1. The van der Waals surface area contributed by atoms with Gasteiger partial charge in [0.1, 0.15) is 5.52 Å². The molecular weight excluding hydrogens is 272 g/mol. The van der Waals surface area contributed by atoms with E-state index in [2.05, 4.69) is 37.1 Å². The number of aromatic nitrogens is 4. The first-order valence-electron chi connectivity index (χ1n) is 7.23. The molecule has 0 radical (unpaired) electrons. The summed E-state index contributed by atoms with van der Waals surface area (Å²) in [6.45, 7) is 4.72. The number of hydrogen-bond acceptors (Lipinski definition) is 7. The molecule has 1 atom stereocenters. The van der Waals surface area contributed by atoms with E-state index in [1.807, 2.05) is 0 Å². The fourth-order valence-corrected chi connectivity index (χ4v) is 2.43. The molecule has 1 aliphatic rings. The third-order valence-electron chi connectivity index (χ3n) is 3.51. The summed E-state index contributed by atoms with van der Waals surface area (Å²) in [5.41, 5.74) is 1.42. The number of hydrogen-bond donors (Lipinski definition) is 3. The Hall–Kier alpha value is -1.93. The molecule has 0 bridgehead atoms. The maximum atomic E-state index is 9.55. The van der Waals surface area contributed by atoms with E-state index in [0.29, 0.717) is 31.4 Å². The Balaban J connectivity index is 2.00. The van der Waals surface area contributed by atoms with Crippen molar-refractivity contribution in [3.8, 4) is 0 Å². The van der Waals surface area contributed by atoms with Gasteiger partial charge in [-0.1, -0.05) is 6.92 Å². The lowest BCUT2D eigenvalue weighted by Gasteiger charge is -2.35.